The molecule has 0 saturated carbocycles. The van der Waals surface area contributed by atoms with Crippen LogP contribution in [0, 0.1) is 0 Å². The highest BCUT2D eigenvalue weighted by Gasteiger charge is 2.34. The summed E-state index contributed by atoms with van der Waals surface area (Å²) in [6.45, 7) is 5.94. The highest BCUT2D eigenvalue weighted by Crippen LogP contribution is 2.26. The van der Waals surface area contributed by atoms with Crippen LogP contribution in [0.2, 0.25) is 0 Å². The summed E-state index contributed by atoms with van der Waals surface area (Å²) < 4.78 is 5.58. The Balaban J connectivity index is 0.00000320. The Kier molecular flexibility index (Phi) is 9.57. The van der Waals surface area contributed by atoms with Gasteiger partial charge in [-0.05, 0) is 39.4 Å². The SMILES string of the molecule is CCNC(=NCC1(N(C)C)CCOCC1)N(C)Cc1ncc(-c2ccccc2)[nH]1.I. The molecule has 1 aliphatic heterocycles. The van der Waals surface area contributed by atoms with Crippen molar-refractivity contribution in [2.24, 2.45) is 4.99 Å². The maximum atomic E-state index is 5.58. The van der Waals surface area contributed by atoms with Crippen molar-refractivity contribution < 1.29 is 4.74 Å². The van der Waals surface area contributed by atoms with E-state index >= 15 is 0 Å². The fourth-order valence-electron chi connectivity index (χ4n) is 3.70. The van der Waals surface area contributed by atoms with E-state index in [1.54, 1.807) is 0 Å². The number of nitrogens with zero attached hydrogens (tertiary/aromatic N) is 4. The van der Waals surface area contributed by atoms with E-state index in [1.165, 1.54) is 0 Å². The number of H-pyrrole nitrogens is 1. The summed E-state index contributed by atoms with van der Waals surface area (Å²) in [5, 5.41) is 3.42. The standard InChI is InChI=1S/C22H34N6O.HI/c1-5-23-21(25-17-22(27(2)3)11-13-29-14-12-22)28(4)16-20-24-15-19(26-20)18-9-7-6-8-10-18;/h6-10,15H,5,11-14,16-17H2,1-4H3,(H,23,25)(H,24,26);1H. The minimum Gasteiger partial charge on any atom is -0.381 e. The van der Waals surface area contributed by atoms with Gasteiger partial charge in [0.05, 0.1) is 25.0 Å². The van der Waals surface area contributed by atoms with Gasteiger partial charge < -0.3 is 24.8 Å². The maximum absolute atomic E-state index is 5.58. The van der Waals surface area contributed by atoms with Crippen molar-refractivity contribution in [1.29, 1.82) is 0 Å². The lowest BCUT2D eigenvalue weighted by Gasteiger charge is -2.42. The number of imidazole rings is 1. The average Bonchev–Trinajstić information content (AvgIpc) is 3.20. The minimum absolute atomic E-state index is 0. The third-order valence-electron chi connectivity index (χ3n) is 5.69. The summed E-state index contributed by atoms with van der Waals surface area (Å²) in [6.07, 6.45) is 3.90. The Labute approximate surface area is 197 Å². The Morgan fingerprint density at radius 3 is 2.53 bits per heavy atom. The fourth-order valence-corrected chi connectivity index (χ4v) is 3.70. The van der Waals surface area contributed by atoms with Gasteiger partial charge in [0, 0.05) is 32.3 Å². The third-order valence-corrected chi connectivity index (χ3v) is 5.69. The number of aliphatic imine (C=N–C) groups is 1. The number of rotatable bonds is 7. The first-order valence-electron chi connectivity index (χ1n) is 10.4. The Bertz CT molecular complexity index is 786. The second kappa shape index (κ2) is 11.7. The van der Waals surface area contributed by atoms with Gasteiger partial charge in [0.2, 0.25) is 0 Å². The summed E-state index contributed by atoms with van der Waals surface area (Å²) in [6, 6.07) is 10.3. The number of ether oxygens (including phenoxy) is 1. The van der Waals surface area contributed by atoms with Crippen LogP contribution in [0.25, 0.3) is 11.3 Å². The molecule has 1 fully saturated rings. The van der Waals surface area contributed by atoms with E-state index in [9.17, 15) is 0 Å². The first kappa shape index (κ1) is 24.6. The Morgan fingerprint density at radius 2 is 1.90 bits per heavy atom. The highest BCUT2D eigenvalue weighted by molar-refractivity contribution is 14.0. The highest BCUT2D eigenvalue weighted by atomic mass is 127. The molecule has 7 nitrogen and oxygen atoms in total. The zero-order chi connectivity index (χ0) is 20.7. The van der Waals surface area contributed by atoms with E-state index in [1.807, 2.05) is 24.4 Å². The van der Waals surface area contributed by atoms with Gasteiger partial charge in [-0.1, -0.05) is 30.3 Å². The second-order valence-corrected chi connectivity index (χ2v) is 7.87. The molecule has 2 heterocycles. The molecule has 30 heavy (non-hydrogen) atoms. The van der Waals surface area contributed by atoms with Crippen molar-refractivity contribution in [3.8, 4) is 11.3 Å². The Hall–Kier alpha value is -1.65. The van der Waals surface area contributed by atoms with Gasteiger partial charge in [-0.3, -0.25) is 4.99 Å². The van der Waals surface area contributed by atoms with Gasteiger partial charge in [0.25, 0.3) is 0 Å². The van der Waals surface area contributed by atoms with Crippen molar-refractivity contribution >= 4 is 29.9 Å². The van der Waals surface area contributed by atoms with Crippen LogP contribution in [0.4, 0.5) is 0 Å². The largest absolute Gasteiger partial charge is 0.381 e. The van der Waals surface area contributed by atoms with Gasteiger partial charge >= 0.3 is 0 Å². The molecule has 0 radical (unpaired) electrons. The molecule has 3 rings (SSSR count). The Morgan fingerprint density at radius 1 is 1.20 bits per heavy atom. The van der Waals surface area contributed by atoms with Gasteiger partial charge in [-0.2, -0.15) is 0 Å². The summed E-state index contributed by atoms with van der Waals surface area (Å²) in [4.78, 5) is 17.4. The monoisotopic (exact) mass is 526 g/mol. The average molecular weight is 526 g/mol. The molecular formula is C22H35IN6O. The van der Waals surface area contributed by atoms with E-state index < -0.39 is 0 Å². The van der Waals surface area contributed by atoms with Gasteiger partial charge in [0.15, 0.2) is 5.96 Å². The predicted molar refractivity (Wildman–Crippen MR) is 133 cm³/mol. The first-order chi connectivity index (χ1) is 14.0. The number of likely N-dealkylation sites (N-methyl/N-ethyl adjacent to an activating group) is 1. The lowest BCUT2D eigenvalue weighted by atomic mass is 9.89. The topological polar surface area (TPSA) is 68.8 Å². The van der Waals surface area contributed by atoms with Gasteiger partial charge in [-0.15, -0.1) is 24.0 Å². The minimum atomic E-state index is 0. The van der Waals surface area contributed by atoms with Crippen molar-refractivity contribution in [1.82, 2.24) is 25.1 Å². The molecule has 2 N–H and O–H groups in total. The summed E-state index contributed by atoms with van der Waals surface area (Å²) in [7, 11) is 6.34. The third kappa shape index (κ3) is 6.18. The van der Waals surface area contributed by atoms with Crippen LogP contribution < -0.4 is 5.32 Å². The van der Waals surface area contributed by atoms with E-state index in [4.69, 9.17) is 9.73 Å². The molecule has 0 spiro atoms. The van der Waals surface area contributed by atoms with Crippen LogP contribution in [0.3, 0.4) is 0 Å². The molecule has 0 bridgehead atoms. The molecule has 1 aromatic carbocycles. The molecule has 1 aromatic heterocycles. The number of halogens is 1. The van der Waals surface area contributed by atoms with Gasteiger partial charge in [-0.25, -0.2) is 4.98 Å². The molecular weight excluding hydrogens is 491 g/mol. The number of nitrogens with one attached hydrogen (secondary N) is 2. The summed E-state index contributed by atoms with van der Waals surface area (Å²) in [5.74, 6) is 1.82. The molecule has 2 aromatic rings. The predicted octanol–water partition coefficient (Wildman–Crippen LogP) is 3.20. The number of aromatic amines is 1. The number of hydrogen-bond donors (Lipinski definition) is 2. The number of guanidine groups is 1. The van der Waals surface area contributed by atoms with E-state index in [-0.39, 0.29) is 29.5 Å². The van der Waals surface area contributed by atoms with Crippen LogP contribution in [0.1, 0.15) is 25.6 Å². The normalized spacial score (nSPS) is 16.2. The smallest absolute Gasteiger partial charge is 0.194 e. The van der Waals surface area contributed by atoms with Crippen LogP contribution in [0.15, 0.2) is 41.5 Å². The lowest BCUT2D eigenvalue weighted by molar-refractivity contribution is -0.00263. The molecule has 1 aliphatic rings. The molecule has 8 heteroatoms. The van der Waals surface area contributed by atoms with Crippen LogP contribution in [0.5, 0.6) is 0 Å². The number of hydrogen-bond acceptors (Lipinski definition) is 4. The quantitative estimate of drug-likeness (QED) is 0.330. The van der Waals surface area contributed by atoms with Crippen molar-refractivity contribution in [2.75, 3.05) is 47.4 Å². The molecule has 0 unspecified atom stereocenters. The van der Waals surface area contributed by atoms with Gasteiger partial charge in [0.1, 0.15) is 5.82 Å². The molecule has 0 aliphatic carbocycles. The zero-order valence-electron chi connectivity index (χ0n) is 18.5. The first-order valence-corrected chi connectivity index (χ1v) is 10.4. The molecule has 0 amide bonds. The molecule has 1 saturated heterocycles. The van der Waals surface area contributed by atoms with E-state index in [0.717, 1.165) is 62.2 Å². The summed E-state index contributed by atoms with van der Waals surface area (Å²) >= 11 is 0. The second-order valence-electron chi connectivity index (χ2n) is 7.87. The van der Waals surface area contributed by atoms with Crippen molar-refractivity contribution in [3.63, 3.8) is 0 Å². The number of benzene rings is 1. The number of aromatic nitrogens is 2. The summed E-state index contributed by atoms with van der Waals surface area (Å²) in [5.41, 5.74) is 2.23. The molecule has 166 valence electrons. The van der Waals surface area contributed by atoms with Crippen molar-refractivity contribution in [3.05, 3.63) is 42.4 Å². The lowest BCUT2D eigenvalue weighted by Crippen LogP contribution is -2.51. The van der Waals surface area contributed by atoms with E-state index in [0.29, 0.717) is 6.54 Å². The zero-order valence-corrected chi connectivity index (χ0v) is 20.8. The fraction of sp³-hybridized carbons (Fsp3) is 0.545. The van der Waals surface area contributed by atoms with Crippen molar-refractivity contribution in [2.45, 2.75) is 31.8 Å². The maximum Gasteiger partial charge on any atom is 0.194 e. The van der Waals surface area contributed by atoms with Crippen LogP contribution in [-0.2, 0) is 11.3 Å². The van der Waals surface area contributed by atoms with Crippen LogP contribution >= 0.6 is 24.0 Å². The van der Waals surface area contributed by atoms with E-state index in [2.05, 4.69) is 65.3 Å². The molecule has 0 atom stereocenters. The van der Waals surface area contributed by atoms with Crippen LogP contribution in [-0.4, -0.2) is 78.7 Å².